The number of rotatable bonds is 2. The maximum atomic E-state index is 12.2. The van der Waals surface area contributed by atoms with Crippen LogP contribution in [0.15, 0.2) is 48.9 Å². The van der Waals surface area contributed by atoms with Gasteiger partial charge in [-0.25, -0.2) is 0 Å². The average Bonchev–Trinajstić information content (AvgIpc) is 2.84. The second-order valence-corrected chi connectivity index (χ2v) is 4.14. The predicted molar refractivity (Wildman–Crippen MR) is 68.4 cm³/mol. The Hall–Kier alpha value is -2.49. The van der Waals surface area contributed by atoms with Crippen molar-refractivity contribution in [2.45, 2.75) is 0 Å². The molecule has 0 aliphatic carbocycles. The van der Waals surface area contributed by atoms with Crippen LogP contribution in [0.5, 0.6) is 0 Å². The Balaban J connectivity index is 2.06. The summed E-state index contributed by atoms with van der Waals surface area (Å²) in [7, 11) is 1.79. The predicted octanol–water partition coefficient (Wildman–Crippen LogP) is 2.20. The number of hydrogen-bond acceptors (Lipinski definition) is 3. The Labute approximate surface area is 104 Å². The number of ketones is 1. The highest BCUT2D eigenvalue weighted by atomic mass is 16.1. The molecule has 2 heterocycles. The molecule has 0 aliphatic heterocycles. The van der Waals surface area contributed by atoms with Gasteiger partial charge in [-0.15, -0.1) is 0 Å². The van der Waals surface area contributed by atoms with Crippen LogP contribution >= 0.6 is 0 Å². The lowest BCUT2D eigenvalue weighted by atomic mass is 10.0. The zero-order valence-electron chi connectivity index (χ0n) is 9.87. The number of aryl methyl sites for hydroxylation is 1. The van der Waals surface area contributed by atoms with Gasteiger partial charge < -0.3 is 0 Å². The van der Waals surface area contributed by atoms with Crippen LogP contribution in [0.3, 0.4) is 0 Å². The molecule has 0 saturated heterocycles. The van der Waals surface area contributed by atoms with Crippen LogP contribution in [-0.4, -0.2) is 20.5 Å². The Kier molecular flexibility index (Phi) is 2.41. The van der Waals surface area contributed by atoms with Gasteiger partial charge >= 0.3 is 0 Å². The van der Waals surface area contributed by atoms with Gasteiger partial charge in [-0.3, -0.25) is 14.5 Å². The third-order valence-electron chi connectivity index (χ3n) is 2.83. The molecule has 4 heteroatoms. The standard InChI is InChI=1S/C14H11N3O/c1-17-9-12(8-16-17)14(18)11-4-5-13-10(7-11)3-2-6-15-13/h2-9H,1H3. The van der Waals surface area contributed by atoms with Gasteiger partial charge in [0.25, 0.3) is 0 Å². The van der Waals surface area contributed by atoms with Crippen molar-refractivity contribution in [3.05, 3.63) is 60.0 Å². The lowest BCUT2D eigenvalue weighted by molar-refractivity contribution is 0.103. The second-order valence-electron chi connectivity index (χ2n) is 4.14. The fourth-order valence-electron chi connectivity index (χ4n) is 1.92. The van der Waals surface area contributed by atoms with E-state index >= 15 is 0 Å². The van der Waals surface area contributed by atoms with Crippen LogP contribution in [-0.2, 0) is 7.05 Å². The summed E-state index contributed by atoms with van der Waals surface area (Å²) in [6.45, 7) is 0. The largest absolute Gasteiger partial charge is 0.288 e. The van der Waals surface area contributed by atoms with Crippen molar-refractivity contribution < 1.29 is 4.79 Å². The van der Waals surface area contributed by atoms with Crippen molar-refractivity contribution in [2.24, 2.45) is 7.05 Å². The average molecular weight is 237 g/mol. The molecule has 4 nitrogen and oxygen atoms in total. The minimum atomic E-state index is -0.0196. The number of pyridine rings is 1. The molecule has 0 atom stereocenters. The third-order valence-corrected chi connectivity index (χ3v) is 2.83. The van der Waals surface area contributed by atoms with Crippen LogP contribution < -0.4 is 0 Å². The summed E-state index contributed by atoms with van der Waals surface area (Å²) in [6, 6.07) is 9.32. The SMILES string of the molecule is Cn1cc(C(=O)c2ccc3ncccc3c2)cn1. The first-order valence-corrected chi connectivity index (χ1v) is 5.62. The molecule has 2 aromatic heterocycles. The Morgan fingerprint density at radius 2 is 2.11 bits per heavy atom. The van der Waals surface area contributed by atoms with Gasteiger partial charge in [0.05, 0.1) is 17.3 Å². The molecule has 3 aromatic rings. The fraction of sp³-hybridized carbons (Fsp3) is 0.0714. The zero-order valence-corrected chi connectivity index (χ0v) is 9.87. The number of hydrogen-bond donors (Lipinski definition) is 0. The molecule has 18 heavy (non-hydrogen) atoms. The summed E-state index contributed by atoms with van der Waals surface area (Å²) >= 11 is 0. The van der Waals surface area contributed by atoms with Gasteiger partial charge in [-0.05, 0) is 24.3 Å². The van der Waals surface area contributed by atoms with Crippen molar-refractivity contribution in [1.82, 2.24) is 14.8 Å². The van der Waals surface area contributed by atoms with E-state index in [1.165, 1.54) is 0 Å². The molecule has 0 spiro atoms. The first-order chi connectivity index (χ1) is 8.74. The minimum absolute atomic E-state index is 0.0196. The van der Waals surface area contributed by atoms with E-state index in [-0.39, 0.29) is 5.78 Å². The number of aromatic nitrogens is 3. The van der Waals surface area contributed by atoms with E-state index in [0.717, 1.165) is 10.9 Å². The summed E-state index contributed by atoms with van der Waals surface area (Å²) < 4.78 is 1.62. The fourth-order valence-corrected chi connectivity index (χ4v) is 1.92. The molecular weight excluding hydrogens is 226 g/mol. The zero-order chi connectivity index (χ0) is 12.5. The maximum absolute atomic E-state index is 12.2. The van der Waals surface area contributed by atoms with Gasteiger partial charge in [-0.1, -0.05) is 6.07 Å². The van der Waals surface area contributed by atoms with Gasteiger partial charge in [0.1, 0.15) is 0 Å². The Morgan fingerprint density at radius 3 is 2.89 bits per heavy atom. The van der Waals surface area contributed by atoms with Crippen molar-refractivity contribution >= 4 is 16.7 Å². The lowest BCUT2D eigenvalue weighted by Gasteiger charge is -2.00. The summed E-state index contributed by atoms with van der Waals surface area (Å²) in [4.78, 5) is 16.5. The molecular formula is C14H11N3O. The molecule has 0 bridgehead atoms. The van der Waals surface area contributed by atoms with Crippen molar-refractivity contribution in [1.29, 1.82) is 0 Å². The number of nitrogens with zero attached hydrogens (tertiary/aromatic N) is 3. The summed E-state index contributed by atoms with van der Waals surface area (Å²) in [5.41, 5.74) is 2.14. The van der Waals surface area contributed by atoms with Crippen LogP contribution in [0, 0.1) is 0 Å². The Bertz CT molecular complexity index is 730. The molecule has 1 aromatic carbocycles. The molecule has 0 amide bonds. The lowest BCUT2D eigenvalue weighted by Crippen LogP contribution is -1.99. The molecule has 0 radical (unpaired) electrons. The first-order valence-electron chi connectivity index (χ1n) is 5.62. The van der Waals surface area contributed by atoms with E-state index < -0.39 is 0 Å². The summed E-state index contributed by atoms with van der Waals surface area (Å²) in [6.07, 6.45) is 5.04. The minimum Gasteiger partial charge on any atom is -0.288 e. The molecule has 0 N–H and O–H groups in total. The smallest absolute Gasteiger partial charge is 0.196 e. The van der Waals surface area contributed by atoms with E-state index in [9.17, 15) is 4.79 Å². The van der Waals surface area contributed by atoms with E-state index in [4.69, 9.17) is 0 Å². The second kappa shape index (κ2) is 4.07. The van der Waals surface area contributed by atoms with E-state index in [1.807, 2.05) is 24.3 Å². The van der Waals surface area contributed by atoms with Gasteiger partial charge in [0.2, 0.25) is 0 Å². The molecule has 0 saturated carbocycles. The topological polar surface area (TPSA) is 47.8 Å². The number of benzene rings is 1. The Morgan fingerprint density at radius 1 is 1.22 bits per heavy atom. The number of carbonyl (C=O) groups is 1. The van der Waals surface area contributed by atoms with E-state index in [1.54, 1.807) is 36.4 Å². The normalized spacial score (nSPS) is 10.7. The number of carbonyl (C=O) groups excluding carboxylic acids is 1. The molecule has 0 aliphatic rings. The molecule has 0 unspecified atom stereocenters. The highest BCUT2D eigenvalue weighted by molar-refractivity contribution is 6.10. The van der Waals surface area contributed by atoms with E-state index in [2.05, 4.69) is 10.1 Å². The van der Waals surface area contributed by atoms with Crippen LogP contribution in [0.25, 0.3) is 10.9 Å². The molecule has 3 rings (SSSR count). The van der Waals surface area contributed by atoms with Crippen LogP contribution in [0.4, 0.5) is 0 Å². The summed E-state index contributed by atoms with van der Waals surface area (Å²) in [5, 5.41) is 4.97. The third kappa shape index (κ3) is 1.78. The van der Waals surface area contributed by atoms with Gasteiger partial charge in [0.15, 0.2) is 5.78 Å². The highest BCUT2D eigenvalue weighted by Gasteiger charge is 2.11. The molecule has 0 fully saturated rings. The van der Waals surface area contributed by atoms with E-state index in [0.29, 0.717) is 11.1 Å². The number of fused-ring (bicyclic) bond motifs is 1. The van der Waals surface area contributed by atoms with Crippen molar-refractivity contribution in [3.8, 4) is 0 Å². The van der Waals surface area contributed by atoms with Crippen molar-refractivity contribution in [3.63, 3.8) is 0 Å². The van der Waals surface area contributed by atoms with Crippen molar-refractivity contribution in [2.75, 3.05) is 0 Å². The molecule has 88 valence electrons. The first kappa shape index (κ1) is 10.7. The monoisotopic (exact) mass is 237 g/mol. The summed E-state index contributed by atoms with van der Waals surface area (Å²) in [5.74, 6) is -0.0196. The van der Waals surface area contributed by atoms with Crippen LogP contribution in [0.1, 0.15) is 15.9 Å². The maximum Gasteiger partial charge on any atom is 0.196 e. The van der Waals surface area contributed by atoms with Gasteiger partial charge in [-0.2, -0.15) is 5.10 Å². The highest BCUT2D eigenvalue weighted by Crippen LogP contribution is 2.16. The van der Waals surface area contributed by atoms with Gasteiger partial charge in [0, 0.05) is 30.4 Å². The quantitative estimate of drug-likeness (QED) is 0.642. The van der Waals surface area contributed by atoms with Crippen LogP contribution in [0.2, 0.25) is 0 Å².